The quantitative estimate of drug-likeness (QED) is 0.826. The van der Waals surface area contributed by atoms with Gasteiger partial charge in [0, 0.05) is 35.3 Å². The molecule has 1 aromatic rings. The van der Waals surface area contributed by atoms with Crippen LogP contribution in [0.3, 0.4) is 0 Å². The summed E-state index contributed by atoms with van der Waals surface area (Å²) in [6.07, 6.45) is 3.97. The summed E-state index contributed by atoms with van der Waals surface area (Å²) in [7, 11) is 0. The zero-order valence-electron chi connectivity index (χ0n) is 13.9. The van der Waals surface area contributed by atoms with Crippen LogP contribution >= 0.6 is 15.9 Å². The highest BCUT2D eigenvalue weighted by atomic mass is 79.9. The lowest BCUT2D eigenvalue weighted by Gasteiger charge is -2.28. The lowest BCUT2D eigenvalue weighted by molar-refractivity contribution is 0.424. The van der Waals surface area contributed by atoms with Gasteiger partial charge in [-0.25, -0.2) is 0 Å². The van der Waals surface area contributed by atoms with E-state index in [1.165, 1.54) is 48.1 Å². The summed E-state index contributed by atoms with van der Waals surface area (Å²) < 4.78 is 1.18. The topological polar surface area (TPSA) is 15.3 Å². The smallest absolute Gasteiger partial charge is 0.0423 e. The van der Waals surface area contributed by atoms with Crippen LogP contribution in [0.5, 0.6) is 0 Å². The van der Waals surface area contributed by atoms with E-state index in [1.54, 1.807) is 0 Å². The molecule has 1 heterocycles. The Morgan fingerprint density at radius 1 is 1.24 bits per heavy atom. The molecule has 3 heteroatoms. The van der Waals surface area contributed by atoms with E-state index in [0.29, 0.717) is 0 Å². The molecule has 1 unspecified atom stereocenters. The number of hydrogen-bond donors (Lipinski definition) is 1. The van der Waals surface area contributed by atoms with Gasteiger partial charge in [-0.05, 0) is 63.6 Å². The van der Waals surface area contributed by atoms with Gasteiger partial charge in [-0.1, -0.05) is 28.9 Å². The first-order valence-corrected chi connectivity index (χ1v) is 8.93. The average Bonchev–Trinajstić information content (AvgIpc) is 2.61. The number of halogens is 1. The first-order chi connectivity index (χ1) is 9.85. The van der Waals surface area contributed by atoms with Crippen LogP contribution in [0.15, 0.2) is 22.7 Å². The molecule has 1 aliphatic rings. The zero-order chi connectivity index (χ0) is 15.5. The SMILES string of the molecule is CC1CCCN(c2cc(Br)ccc2CNC(C)(C)C)CC1. The molecule has 0 aromatic heterocycles. The molecule has 2 nitrogen and oxygen atoms in total. The third kappa shape index (κ3) is 5.30. The number of nitrogens with zero attached hydrogens (tertiary/aromatic N) is 1. The second kappa shape index (κ2) is 7.15. The van der Waals surface area contributed by atoms with Gasteiger partial charge in [0.25, 0.3) is 0 Å². The molecule has 1 atom stereocenters. The molecule has 0 bridgehead atoms. The molecule has 1 aliphatic heterocycles. The third-order valence-corrected chi connectivity index (χ3v) is 4.71. The van der Waals surface area contributed by atoms with Crippen molar-refractivity contribution in [2.24, 2.45) is 5.92 Å². The lowest BCUT2D eigenvalue weighted by Crippen LogP contribution is -2.36. The number of anilines is 1. The van der Waals surface area contributed by atoms with Crippen LogP contribution in [-0.4, -0.2) is 18.6 Å². The molecule has 1 N–H and O–H groups in total. The van der Waals surface area contributed by atoms with E-state index in [-0.39, 0.29) is 5.54 Å². The minimum absolute atomic E-state index is 0.150. The van der Waals surface area contributed by atoms with Crippen LogP contribution in [0.4, 0.5) is 5.69 Å². The van der Waals surface area contributed by atoms with E-state index in [2.05, 4.69) is 72.0 Å². The van der Waals surface area contributed by atoms with Crippen molar-refractivity contribution < 1.29 is 0 Å². The fourth-order valence-electron chi connectivity index (χ4n) is 2.85. The molecule has 1 saturated heterocycles. The maximum absolute atomic E-state index is 3.64. The van der Waals surface area contributed by atoms with Crippen LogP contribution in [-0.2, 0) is 6.54 Å². The normalized spacial score (nSPS) is 20.4. The first kappa shape index (κ1) is 16.8. The highest BCUT2D eigenvalue weighted by Crippen LogP contribution is 2.29. The van der Waals surface area contributed by atoms with E-state index >= 15 is 0 Å². The third-order valence-electron chi connectivity index (χ3n) is 4.21. The Morgan fingerprint density at radius 2 is 2.00 bits per heavy atom. The van der Waals surface area contributed by atoms with Crippen LogP contribution in [0, 0.1) is 5.92 Å². The molecule has 0 saturated carbocycles. The molecular formula is C18H29BrN2. The maximum Gasteiger partial charge on any atom is 0.0423 e. The highest BCUT2D eigenvalue weighted by Gasteiger charge is 2.18. The molecule has 0 spiro atoms. The second-order valence-corrected chi connectivity index (χ2v) is 8.32. The summed E-state index contributed by atoms with van der Waals surface area (Å²) in [5.74, 6) is 0.860. The standard InChI is InChI=1S/C18H29BrN2/c1-14-6-5-10-21(11-9-14)17-12-16(19)8-7-15(17)13-20-18(2,3)4/h7-8,12,14,20H,5-6,9-11,13H2,1-4H3. The van der Waals surface area contributed by atoms with Gasteiger partial charge in [-0.15, -0.1) is 0 Å². The molecule has 118 valence electrons. The first-order valence-electron chi connectivity index (χ1n) is 8.13. The largest absolute Gasteiger partial charge is 0.371 e. The van der Waals surface area contributed by atoms with Crippen LogP contribution in [0.25, 0.3) is 0 Å². The predicted molar refractivity (Wildman–Crippen MR) is 96.0 cm³/mol. The van der Waals surface area contributed by atoms with Crippen LogP contribution in [0.1, 0.15) is 52.5 Å². The molecule has 2 rings (SSSR count). The Hall–Kier alpha value is -0.540. The second-order valence-electron chi connectivity index (χ2n) is 7.40. The summed E-state index contributed by atoms with van der Waals surface area (Å²) in [6.45, 7) is 12.3. The van der Waals surface area contributed by atoms with E-state index in [9.17, 15) is 0 Å². The maximum atomic E-state index is 3.64. The number of hydrogen-bond acceptors (Lipinski definition) is 2. The molecule has 0 radical (unpaired) electrons. The number of rotatable bonds is 3. The van der Waals surface area contributed by atoms with Gasteiger partial charge in [-0.2, -0.15) is 0 Å². The Balaban J connectivity index is 2.18. The van der Waals surface area contributed by atoms with E-state index in [0.717, 1.165) is 12.5 Å². The fourth-order valence-corrected chi connectivity index (χ4v) is 3.19. The van der Waals surface area contributed by atoms with Gasteiger partial charge < -0.3 is 10.2 Å². The van der Waals surface area contributed by atoms with Gasteiger partial charge in [0.05, 0.1) is 0 Å². The molecule has 0 aliphatic carbocycles. The van der Waals surface area contributed by atoms with Crippen LogP contribution < -0.4 is 10.2 Å². The summed E-state index contributed by atoms with van der Waals surface area (Å²) in [5.41, 5.74) is 2.95. The summed E-state index contributed by atoms with van der Waals surface area (Å²) in [4.78, 5) is 2.58. The fraction of sp³-hybridized carbons (Fsp3) is 0.667. The van der Waals surface area contributed by atoms with E-state index < -0.39 is 0 Å². The monoisotopic (exact) mass is 352 g/mol. The van der Waals surface area contributed by atoms with Crippen molar-refractivity contribution in [3.05, 3.63) is 28.2 Å². The van der Waals surface area contributed by atoms with Crippen molar-refractivity contribution >= 4 is 21.6 Å². The molecular weight excluding hydrogens is 324 g/mol. The van der Waals surface area contributed by atoms with Gasteiger partial charge in [0.15, 0.2) is 0 Å². The summed E-state index contributed by atoms with van der Waals surface area (Å²) in [5, 5.41) is 3.62. The van der Waals surface area contributed by atoms with Gasteiger partial charge >= 0.3 is 0 Å². The van der Waals surface area contributed by atoms with Crippen molar-refractivity contribution in [3.63, 3.8) is 0 Å². The molecule has 1 fully saturated rings. The van der Waals surface area contributed by atoms with Crippen molar-refractivity contribution in [2.75, 3.05) is 18.0 Å². The Labute approximate surface area is 138 Å². The molecule has 0 amide bonds. The average molecular weight is 353 g/mol. The number of benzene rings is 1. The van der Waals surface area contributed by atoms with Gasteiger partial charge in [-0.3, -0.25) is 0 Å². The summed E-state index contributed by atoms with van der Waals surface area (Å²) >= 11 is 3.64. The lowest BCUT2D eigenvalue weighted by atomic mass is 10.0. The predicted octanol–water partition coefficient (Wildman–Crippen LogP) is 4.96. The highest BCUT2D eigenvalue weighted by molar-refractivity contribution is 9.10. The zero-order valence-corrected chi connectivity index (χ0v) is 15.5. The molecule has 21 heavy (non-hydrogen) atoms. The van der Waals surface area contributed by atoms with E-state index in [1.807, 2.05) is 0 Å². The van der Waals surface area contributed by atoms with Gasteiger partial charge in [0.1, 0.15) is 0 Å². The van der Waals surface area contributed by atoms with E-state index in [4.69, 9.17) is 0 Å². The summed E-state index contributed by atoms with van der Waals surface area (Å²) in [6, 6.07) is 6.70. The minimum atomic E-state index is 0.150. The molecule has 1 aromatic carbocycles. The van der Waals surface area contributed by atoms with Crippen molar-refractivity contribution in [3.8, 4) is 0 Å². The van der Waals surface area contributed by atoms with Gasteiger partial charge in [0.2, 0.25) is 0 Å². The minimum Gasteiger partial charge on any atom is -0.371 e. The Kier molecular flexibility index (Phi) is 5.73. The van der Waals surface area contributed by atoms with Crippen LogP contribution in [0.2, 0.25) is 0 Å². The Morgan fingerprint density at radius 3 is 2.71 bits per heavy atom. The number of nitrogens with one attached hydrogen (secondary N) is 1. The Bertz CT molecular complexity index is 465. The van der Waals surface area contributed by atoms with Crippen molar-refractivity contribution in [2.45, 2.75) is 59.0 Å². The van der Waals surface area contributed by atoms with Crippen molar-refractivity contribution in [1.29, 1.82) is 0 Å². The van der Waals surface area contributed by atoms with Crippen molar-refractivity contribution in [1.82, 2.24) is 5.32 Å².